The third-order valence-corrected chi connectivity index (χ3v) is 4.44. The van der Waals surface area contributed by atoms with Crippen LogP contribution in [0.3, 0.4) is 0 Å². The lowest BCUT2D eigenvalue weighted by atomic mass is 10.0. The van der Waals surface area contributed by atoms with Crippen LogP contribution in [-0.2, 0) is 4.79 Å². The summed E-state index contributed by atoms with van der Waals surface area (Å²) in [5.74, 6) is 2.37. The molecule has 25 heavy (non-hydrogen) atoms. The summed E-state index contributed by atoms with van der Waals surface area (Å²) in [7, 11) is 0. The Balaban J connectivity index is 1.88. The maximum absolute atomic E-state index is 12.3. The normalized spacial score (nSPS) is 17.4. The predicted octanol–water partition coefficient (Wildman–Crippen LogP) is 3.70. The van der Waals surface area contributed by atoms with E-state index in [0.29, 0.717) is 6.42 Å². The molecule has 132 valence electrons. The van der Waals surface area contributed by atoms with Gasteiger partial charge in [-0.05, 0) is 45.2 Å². The van der Waals surface area contributed by atoms with Gasteiger partial charge in [-0.15, -0.1) is 0 Å². The summed E-state index contributed by atoms with van der Waals surface area (Å²) in [4.78, 5) is 28.0. The number of carbonyl (C=O) groups excluding carboxylic acids is 1. The zero-order valence-corrected chi connectivity index (χ0v) is 15.1. The Bertz CT molecular complexity index is 761. The van der Waals surface area contributed by atoms with E-state index in [0.717, 1.165) is 54.7 Å². The molecule has 1 aliphatic heterocycles. The van der Waals surface area contributed by atoms with Gasteiger partial charge < -0.3 is 10.2 Å². The molecule has 0 spiro atoms. The number of rotatable bonds is 4. The molecule has 1 N–H and O–H groups in total. The van der Waals surface area contributed by atoms with Crippen LogP contribution in [0, 0.1) is 13.8 Å². The number of carbonyl (C=O) groups is 1. The number of aromatic nitrogens is 3. The minimum absolute atomic E-state index is 0.0351. The average molecular weight is 339 g/mol. The number of nitrogens with one attached hydrogen (secondary N) is 1. The number of hydrogen-bond donors (Lipinski definition) is 1. The molecular formula is C19H25N5O. The number of aryl methyl sites for hydroxylation is 2. The Morgan fingerprint density at radius 1 is 1.16 bits per heavy atom. The molecule has 3 rings (SSSR count). The lowest BCUT2D eigenvalue weighted by Gasteiger charge is -2.34. The zero-order valence-electron chi connectivity index (χ0n) is 15.1. The van der Waals surface area contributed by atoms with Crippen molar-refractivity contribution in [3.63, 3.8) is 0 Å². The van der Waals surface area contributed by atoms with Gasteiger partial charge >= 0.3 is 0 Å². The molecule has 0 aromatic carbocycles. The predicted molar refractivity (Wildman–Crippen MR) is 97.6 cm³/mol. The van der Waals surface area contributed by atoms with Crippen LogP contribution in [0.5, 0.6) is 0 Å². The lowest BCUT2D eigenvalue weighted by molar-refractivity contribution is -0.134. The van der Waals surface area contributed by atoms with E-state index < -0.39 is 0 Å². The second kappa shape index (κ2) is 7.59. The summed E-state index contributed by atoms with van der Waals surface area (Å²) in [5, 5.41) is 3.26. The first-order chi connectivity index (χ1) is 12.1. The van der Waals surface area contributed by atoms with Crippen molar-refractivity contribution < 1.29 is 4.79 Å². The van der Waals surface area contributed by atoms with Crippen LogP contribution in [0.2, 0.25) is 0 Å². The van der Waals surface area contributed by atoms with E-state index in [4.69, 9.17) is 4.98 Å². The van der Waals surface area contributed by atoms with Gasteiger partial charge in [-0.25, -0.2) is 15.0 Å². The minimum atomic E-state index is -0.0351. The molecule has 0 radical (unpaired) electrons. The summed E-state index contributed by atoms with van der Waals surface area (Å²) in [6.45, 7) is 6.60. The van der Waals surface area contributed by atoms with Gasteiger partial charge in [-0.3, -0.25) is 4.79 Å². The minimum Gasteiger partial charge on any atom is -0.332 e. The first-order valence-corrected chi connectivity index (χ1v) is 8.92. The Labute approximate surface area is 148 Å². The fourth-order valence-corrected chi connectivity index (χ4v) is 3.25. The summed E-state index contributed by atoms with van der Waals surface area (Å²) in [6, 6.07) is 7.70. The lowest BCUT2D eigenvalue weighted by Crippen LogP contribution is -2.39. The van der Waals surface area contributed by atoms with E-state index >= 15 is 0 Å². The number of hydrogen-bond acceptors (Lipinski definition) is 5. The van der Waals surface area contributed by atoms with E-state index in [1.807, 2.05) is 49.9 Å². The van der Waals surface area contributed by atoms with E-state index in [1.165, 1.54) is 0 Å². The number of nitrogens with zero attached hydrogens (tertiary/aromatic N) is 4. The first-order valence-electron chi connectivity index (χ1n) is 8.92. The fraction of sp³-hybridized carbons (Fsp3) is 0.474. The number of amides is 1. The van der Waals surface area contributed by atoms with Crippen LogP contribution in [0.4, 0.5) is 11.6 Å². The van der Waals surface area contributed by atoms with Crippen LogP contribution in [0.15, 0.2) is 24.3 Å². The van der Waals surface area contributed by atoms with Crippen LogP contribution in [0.25, 0.3) is 0 Å². The van der Waals surface area contributed by atoms with Crippen molar-refractivity contribution in [2.24, 2.45) is 0 Å². The molecule has 1 amide bonds. The molecule has 1 fully saturated rings. The van der Waals surface area contributed by atoms with Crippen LogP contribution in [0.1, 0.15) is 55.9 Å². The van der Waals surface area contributed by atoms with Crippen LogP contribution < -0.4 is 5.32 Å². The molecule has 0 saturated carbocycles. The Hall–Kier alpha value is -2.50. The molecule has 1 saturated heterocycles. The maximum atomic E-state index is 12.3. The van der Waals surface area contributed by atoms with Crippen molar-refractivity contribution in [3.8, 4) is 0 Å². The first kappa shape index (κ1) is 17.3. The van der Waals surface area contributed by atoms with Gasteiger partial charge in [-0.1, -0.05) is 13.0 Å². The highest BCUT2D eigenvalue weighted by Gasteiger charge is 2.29. The number of anilines is 2. The molecule has 0 bridgehead atoms. The summed E-state index contributed by atoms with van der Waals surface area (Å²) >= 11 is 0. The molecule has 6 heteroatoms. The molecule has 1 unspecified atom stereocenters. The number of piperidine rings is 1. The highest BCUT2D eigenvalue weighted by Crippen LogP contribution is 2.30. The molecule has 6 nitrogen and oxygen atoms in total. The quantitative estimate of drug-likeness (QED) is 0.920. The SMILES string of the molecule is CCC(=O)N1CCCCC1c1nc(C)cc(Nc2cccc(C)n2)n1. The summed E-state index contributed by atoms with van der Waals surface area (Å²) in [5.41, 5.74) is 1.83. The van der Waals surface area contributed by atoms with Gasteiger partial charge in [0.25, 0.3) is 0 Å². The third kappa shape index (κ3) is 4.13. The van der Waals surface area contributed by atoms with Crippen molar-refractivity contribution in [3.05, 3.63) is 41.5 Å². The fourth-order valence-electron chi connectivity index (χ4n) is 3.25. The second-order valence-corrected chi connectivity index (χ2v) is 6.49. The van der Waals surface area contributed by atoms with Gasteiger partial charge in [0.05, 0.1) is 6.04 Å². The van der Waals surface area contributed by atoms with Gasteiger partial charge in [0.15, 0.2) is 5.82 Å². The third-order valence-electron chi connectivity index (χ3n) is 4.44. The molecular weight excluding hydrogens is 314 g/mol. The van der Waals surface area contributed by atoms with Crippen molar-refractivity contribution in [2.75, 3.05) is 11.9 Å². The van der Waals surface area contributed by atoms with E-state index in [9.17, 15) is 4.79 Å². The Morgan fingerprint density at radius 2 is 2.00 bits per heavy atom. The van der Waals surface area contributed by atoms with E-state index in [-0.39, 0.29) is 11.9 Å². The molecule has 1 aliphatic rings. The highest BCUT2D eigenvalue weighted by atomic mass is 16.2. The van der Waals surface area contributed by atoms with Crippen molar-refractivity contribution in [1.82, 2.24) is 19.9 Å². The van der Waals surface area contributed by atoms with E-state index in [2.05, 4.69) is 15.3 Å². The Morgan fingerprint density at radius 3 is 2.76 bits per heavy atom. The van der Waals surface area contributed by atoms with Crippen molar-refractivity contribution in [2.45, 2.75) is 52.5 Å². The second-order valence-electron chi connectivity index (χ2n) is 6.49. The number of likely N-dealkylation sites (tertiary alicyclic amines) is 1. The summed E-state index contributed by atoms with van der Waals surface area (Å²) in [6.07, 6.45) is 3.57. The van der Waals surface area contributed by atoms with E-state index in [1.54, 1.807) is 0 Å². The maximum Gasteiger partial charge on any atom is 0.222 e. The smallest absolute Gasteiger partial charge is 0.222 e. The van der Waals surface area contributed by atoms with Crippen molar-refractivity contribution >= 4 is 17.5 Å². The Kier molecular flexibility index (Phi) is 5.26. The van der Waals surface area contributed by atoms with Crippen LogP contribution in [-0.4, -0.2) is 32.3 Å². The van der Waals surface area contributed by atoms with Gasteiger partial charge in [0.1, 0.15) is 11.6 Å². The van der Waals surface area contributed by atoms with Gasteiger partial charge in [-0.2, -0.15) is 0 Å². The zero-order chi connectivity index (χ0) is 17.8. The molecule has 1 atom stereocenters. The molecule has 3 heterocycles. The van der Waals surface area contributed by atoms with Gasteiger partial charge in [0.2, 0.25) is 5.91 Å². The van der Waals surface area contributed by atoms with Gasteiger partial charge in [0, 0.05) is 30.4 Å². The number of pyridine rings is 1. The molecule has 0 aliphatic carbocycles. The topological polar surface area (TPSA) is 71.0 Å². The molecule has 2 aromatic rings. The summed E-state index contributed by atoms with van der Waals surface area (Å²) < 4.78 is 0. The standard InChI is InChI=1S/C19H25N5O/c1-4-18(25)24-11-6-5-9-15(24)19-21-14(3)12-17(23-19)22-16-10-7-8-13(2)20-16/h7-8,10,12,15H,4-6,9,11H2,1-3H3,(H,20,21,22,23). The molecule has 2 aromatic heterocycles. The van der Waals surface area contributed by atoms with Crippen molar-refractivity contribution in [1.29, 1.82) is 0 Å². The highest BCUT2D eigenvalue weighted by molar-refractivity contribution is 5.76. The monoisotopic (exact) mass is 339 g/mol. The van der Waals surface area contributed by atoms with Crippen LogP contribution >= 0.6 is 0 Å². The largest absolute Gasteiger partial charge is 0.332 e. The average Bonchev–Trinajstić information content (AvgIpc) is 2.60.